The minimum atomic E-state index is 0.807. The maximum atomic E-state index is 5.72. The first-order valence-corrected chi connectivity index (χ1v) is 4.74. The molecule has 1 radical (unpaired) electrons. The fraction of sp³-hybridized carbons (Fsp3) is 0.167. The van der Waals surface area contributed by atoms with Gasteiger partial charge >= 0.3 is 0 Å². The van der Waals surface area contributed by atoms with Gasteiger partial charge in [0.25, 0.3) is 0 Å². The Morgan fingerprint density at radius 1 is 1.29 bits per heavy atom. The SMILES string of the molecule is [C]1=CCNC2=C1Cc1ccccc1O2. The normalized spacial score (nSPS) is 18.0. The van der Waals surface area contributed by atoms with Gasteiger partial charge in [-0.25, -0.2) is 0 Å². The molecule has 0 aromatic heterocycles. The lowest BCUT2D eigenvalue weighted by Gasteiger charge is -2.24. The second-order valence-corrected chi connectivity index (χ2v) is 3.42. The average Bonchev–Trinajstić information content (AvgIpc) is 2.26. The summed E-state index contributed by atoms with van der Waals surface area (Å²) in [6.07, 6.45) is 6.14. The van der Waals surface area contributed by atoms with Gasteiger partial charge in [0.2, 0.25) is 0 Å². The molecule has 1 aromatic carbocycles. The van der Waals surface area contributed by atoms with Gasteiger partial charge in [0.15, 0.2) is 5.88 Å². The monoisotopic (exact) mass is 184 g/mol. The van der Waals surface area contributed by atoms with E-state index in [2.05, 4.69) is 17.5 Å². The average molecular weight is 184 g/mol. The quantitative estimate of drug-likeness (QED) is 0.663. The Balaban J connectivity index is 2.03. The third kappa shape index (κ3) is 1.11. The first-order chi connectivity index (χ1) is 6.93. The summed E-state index contributed by atoms with van der Waals surface area (Å²) >= 11 is 0. The lowest BCUT2D eigenvalue weighted by molar-refractivity contribution is 0.363. The third-order valence-electron chi connectivity index (χ3n) is 2.47. The molecular weight excluding hydrogens is 174 g/mol. The van der Waals surface area contributed by atoms with Crippen molar-refractivity contribution in [1.82, 2.24) is 5.32 Å². The lowest BCUT2D eigenvalue weighted by atomic mass is 10.0. The van der Waals surface area contributed by atoms with Crippen molar-refractivity contribution in [2.75, 3.05) is 6.54 Å². The van der Waals surface area contributed by atoms with Crippen molar-refractivity contribution in [1.29, 1.82) is 0 Å². The first-order valence-electron chi connectivity index (χ1n) is 4.74. The third-order valence-corrected chi connectivity index (χ3v) is 2.47. The second kappa shape index (κ2) is 2.91. The van der Waals surface area contributed by atoms with Crippen molar-refractivity contribution in [3.05, 3.63) is 53.4 Å². The molecule has 0 atom stereocenters. The molecular formula is C12H10NO. The minimum Gasteiger partial charge on any atom is -0.441 e. The van der Waals surface area contributed by atoms with Gasteiger partial charge < -0.3 is 10.1 Å². The fourth-order valence-electron chi connectivity index (χ4n) is 1.77. The molecule has 0 amide bonds. The molecule has 69 valence electrons. The van der Waals surface area contributed by atoms with Crippen LogP contribution in [0.15, 0.2) is 41.8 Å². The zero-order valence-electron chi connectivity index (χ0n) is 7.71. The zero-order valence-corrected chi connectivity index (χ0v) is 7.71. The molecule has 0 saturated heterocycles. The van der Waals surface area contributed by atoms with Crippen molar-refractivity contribution >= 4 is 0 Å². The van der Waals surface area contributed by atoms with Gasteiger partial charge in [-0.05, 0) is 17.7 Å². The smallest absolute Gasteiger partial charge is 0.197 e. The van der Waals surface area contributed by atoms with Gasteiger partial charge in [0.1, 0.15) is 5.75 Å². The van der Waals surface area contributed by atoms with Gasteiger partial charge in [0, 0.05) is 18.5 Å². The molecule has 3 rings (SSSR count). The molecule has 2 aliphatic heterocycles. The summed E-state index contributed by atoms with van der Waals surface area (Å²) in [6.45, 7) is 0.807. The molecule has 2 heteroatoms. The molecule has 2 aliphatic rings. The van der Waals surface area contributed by atoms with Gasteiger partial charge in [-0.1, -0.05) is 24.3 Å². The molecule has 0 aliphatic carbocycles. The van der Waals surface area contributed by atoms with E-state index in [0.717, 1.165) is 30.2 Å². The number of nitrogens with one attached hydrogen (secondary N) is 1. The van der Waals surface area contributed by atoms with Crippen LogP contribution in [-0.2, 0) is 6.42 Å². The van der Waals surface area contributed by atoms with Gasteiger partial charge in [-0.3, -0.25) is 0 Å². The number of ether oxygens (including phenoxy) is 1. The number of hydrogen-bond donors (Lipinski definition) is 1. The molecule has 0 unspecified atom stereocenters. The van der Waals surface area contributed by atoms with Crippen LogP contribution in [0.5, 0.6) is 5.75 Å². The van der Waals surface area contributed by atoms with Crippen LogP contribution >= 0.6 is 0 Å². The summed E-state index contributed by atoms with van der Waals surface area (Å²) in [5.74, 6) is 1.83. The van der Waals surface area contributed by atoms with E-state index in [1.165, 1.54) is 5.56 Å². The largest absolute Gasteiger partial charge is 0.441 e. The van der Waals surface area contributed by atoms with E-state index >= 15 is 0 Å². The molecule has 0 saturated carbocycles. The summed E-state index contributed by atoms with van der Waals surface area (Å²) in [5.41, 5.74) is 2.35. The van der Waals surface area contributed by atoms with Crippen molar-refractivity contribution < 1.29 is 4.74 Å². The highest BCUT2D eigenvalue weighted by molar-refractivity contribution is 5.43. The summed E-state index contributed by atoms with van der Waals surface area (Å²) in [6, 6.07) is 8.12. The molecule has 0 bridgehead atoms. The summed E-state index contributed by atoms with van der Waals surface area (Å²) in [5, 5.41) is 3.20. The molecule has 2 heterocycles. The molecule has 14 heavy (non-hydrogen) atoms. The van der Waals surface area contributed by atoms with Crippen molar-refractivity contribution in [2.24, 2.45) is 0 Å². The van der Waals surface area contributed by atoms with Crippen LogP contribution in [-0.4, -0.2) is 6.54 Å². The van der Waals surface area contributed by atoms with Crippen LogP contribution < -0.4 is 10.1 Å². The topological polar surface area (TPSA) is 21.3 Å². The molecule has 2 nitrogen and oxygen atoms in total. The van der Waals surface area contributed by atoms with E-state index in [1.54, 1.807) is 0 Å². The van der Waals surface area contributed by atoms with E-state index in [0.29, 0.717) is 0 Å². The van der Waals surface area contributed by atoms with Crippen molar-refractivity contribution in [2.45, 2.75) is 6.42 Å². The number of benzene rings is 1. The Kier molecular flexibility index (Phi) is 1.60. The van der Waals surface area contributed by atoms with Gasteiger partial charge in [-0.2, -0.15) is 0 Å². The maximum absolute atomic E-state index is 5.72. The number of hydrogen-bond acceptors (Lipinski definition) is 2. The van der Waals surface area contributed by atoms with Crippen LogP contribution in [0.4, 0.5) is 0 Å². The highest BCUT2D eigenvalue weighted by Gasteiger charge is 2.19. The standard InChI is InChI=1S/C12H10NO/c1-2-6-11-9(4-1)8-10-5-3-7-13-12(10)14-11/h1-4,6,13H,7-8H2. The van der Waals surface area contributed by atoms with E-state index in [4.69, 9.17) is 4.74 Å². The number of fused-ring (bicyclic) bond motifs is 1. The number of allylic oxidation sites excluding steroid dienone is 2. The second-order valence-electron chi connectivity index (χ2n) is 3.42. The predicted molar refractivity (Wildman–Crippen MR) is 53.6 cm³/mol. The minimum absolute atomic E-state index is 0.807. The molecule has 0 fully saturated rings. The van der Waals surface area contributed by atoms with Gasteiger partial charge in [0.05, 0.1) is 0 Å². The Bertz CT molecular complexity index is 432. The highest BCUT2D eigenvalue weighted by Crippen LogP contribution is 2.29. The maximum Gasteiger partial charge on any atom is 0.197 e. The van der Waals surface area contributed by atoms with Crippen LogP contribution in [0, 0.1) is 6.08 Å². The van der Waals surface area contributed by atoms with Crippen molar-refractivity contribution in [3.63, 3.8) is 0 Å². The van der Waals surface area contributed by atoms with Crippen LogP contribution in [0.25, 0.3) is 0 Å². The zero-order chi connectivity index (χ0) is 9.38. The van der Waals surface area contributed by atoms with Crippen LogP contribution in [0.2, 0.25) is 0 Å². The molecule has 0 spiro atoms. The summed E-state index contributed by atoms with van der Waals surface area (Å²) < 4.78 is 5.72. The Morgan fingerprint density at radius 3 is 3.21 bits per heavy atom. The van der Waals surface area contributed by atoms with Crippen molar-refractivity contribution in [3.8, 4) is 5.75 Å². The summed E-state index contributed by atoms with van der Waals surface area (Å²) in [7, 11) is 0. The molecule has 1 N–H and O–H groups in total. The Labute approximate surface area is 82.9 Å². The lowest BCUT2D eigenvalue weighted by Crippen LogP contribution is -2.26. The number of dihydropyridines is 1. The molecule has 1 aromatic rings. The summed E-state index contributed by atoms with van der Waals surface area (Å²) in [4.78, 5) is 0. The Hall–Kier alpha value is -1.70. The first kappa shape index (κ1) is 7.68. The van der Waals surface area contributed by atoms with E-state index in [-0.39, 0.29) is 0 Å². The predicted octanol–water partition coefficient (Wildman–Crippen LogP) is 1.80. The van der Waals surface area contributed by atoms with Crippen LogP contribution in [0.1, 0.15) is 5.56 Å². The number of para-hydroxylation sites is 1. The Morgan fingerprint density at radius 2 is 2.21 bits per heavy atom. The highest BCUT2D eigenvalue weighted by atomic mass is 16.5. The van der Waals surface area contributed by atoms with Gasteiger partial charge in [-0.15, -0.1) is 0 Å². The van der Waals surface area contributed by atoms with E-state index < -0.39 is 0 Å². The number of rotatable bonds is 0. The fourth-order valence-corrected chi connectivity index (χ4v) is 1.77. The van der Waals surface area contributed by atoms with Crippen LogP contribution in [0.3, 0.4) is 0 Å². The van der Waals surface area contributed by atoms with E-state index in [9.17, 15) is 0 Å². The van der Waals surface area contributed by atoms with E-state index in [1.807, 2.05) is 24.3 Å².